The Kier molecular flexibility index (Phi) is 2.11. The standard InChI is InChI=1S/C8H13N5O/c9-7-4-11-13(12-7)6-2-1-5(3-6)8(10)14/h4-6H,1-3H2,(H2,9,12)(H2,10,14). The van der Waals surface area contributed by atoms with Gasteiger partial charge in [0.2, 0.25) is 5.91 Å². The molecule has 1 saturated carbocycles. The molecule has 6 nitrogen and oxygen atoms in total. The second-order valence-electron chi connectivity index (χ2n) is 3.66. The highest BCUT2D eigenvalue weighted by Crippen LogP contribution is 2.33. The molecule has 0 aromatic carbocycles. The molecule has 1 fully saturated rings. The largest absolute Gasteiger partial charge is 0.381 e. The van der Waals surface area contributed by atoms with E-state index in [2.05, 4.69) is 10.2 Å². The maximum absolute atomic E-state index is 10.9. The Hall–Kier alpha value is -1.59. The second-order valence-corrected chi connectivity index (χ2v) is 3.66. The highest BCUT2D eigenvalue weighted by atomic mass is 16.1. The van der Waals surface area contributed by atoms with E-state index in [1.165, 1.54) is 6.20 Å². The van der Waals surface area contributed by atoms with E-state index in [1.54, 1.807) is 4.80 Å². The number of aromatic nitrogens is 3. The second kappa shape index (κ2) is 3.28. The minimum absolute atomic E-state index is 0.0350. The highest BCUT2D eigenvalue weighted by Gasteiger charge is 2.30. The van der Waals surface area contributed by atoms with E-state index < -0.39 is 0 Å². The summed E-state index contributed by atoms with van der Waals surface area (Å²) in [5.41, 5.74) is 10.7. The first kappa shape index (κ1) is 8.98. The molecule has 1 heterocycles. The van der Waals surface area contributed by atoms with E-state index in [-0.39, 0.29) is 17.9 Å². The molecule has 0 aliphatic heterocycles. The number of hydrogen-bond acceptors (Lipinski definition) is 4. The van der Waals surface area contributed by atoms with Crippen LogP contribution < -0.4 is 11.5 Å². The zero-order valence-electron chi connectivity index (χ0n) is 7.76. The van der Waals surface area contributed by atoms with Gasteiger partial charge in [-0.3, -0.25) is 4.79 Å². The summed E-state index contributed by atoms with van der Waals surface area (Å²) < 4.78 is 0. The smallest absolute Gasteiger partial charge is 0.220 e. The van der Waals surface area contributed by atoms with E-state index in [0.717, 1.165) is 19.3 Å². The lowest BCUT2D eigenvalue weighted by atomic mass is 10.1. The zero-order chi connectivity index (χ0) is 10.1. The molecule has 1 aromatic heterocycles. The lowest BCUT2D eigenvalue weighted by Crippen LogP contribution is -2.21. The quantitative estimate of drug-likeness (QED) is 0.675. The summed E-state index contributed by atoms with van der Waals surface area (Å²) in [6.45, 7) is 0. The maximum atomic E-state index is 10.9. The van der Waals surface area contributed by atoms with E-state index in [4.69, 9.17) is 11.5 Å². The molecule has 0 spiro atoms. The van der Waals surface area contributed by atoms with Crippen molar-refractivity contribution in [3.8, 4) is 0 Å². The van der Waals surface area contributed by atoms with Gasteiger partial charge in [0.05, 0.1) is 12.2 Å². The third-order valence-corrected chi connectivity index (χ3v) is 2.66. The Labute approximate surface area is 81.3 Å². The topological polar surface area (TPSA) is 99.8 Å². The van der Waals surface area contributed by atoms with Crippen molar-refractivity contribution < 1.29 is 4.79 Å². The Balaban J connectivity index is 2.05. The molecule has 76 valence electrons. The fourth-order valence-electron chi connectivity index (χ4n) is 1.89. The highest BCUT2D eigenvalue weighted by molar-refractivity contribution is 5.76. The molecular formula is C8H13N5O. The number of hydrogen-bond donors (Lipinski definition) is 2. The molecule has 0 radical (unpaired) electrons. The Morgan fingerprint density at radius 3 is 2.86 bits per heavy atom. The molecule has 1 aliphatic carbocycles. The van der Waals surface area contributed by atoms with Crippen molar-refractivity contribution in [2.45, 2.75) is 25.3 Å². The lowest BCUT2D eigenvalue weighted by Gasteiger charge is -2.07. The summed E-state index contributed by atoms with van der Waals surface area (Å²) >= 11 is 0. The average Bonchev–Trinajstić information content (AvgIpc) is 2.70. The van der Waals surface area contributed by atoms with Crippen LogP contribution in [0.1, 0.15) is 25.3 Å². The molecular weight excluding hydrogens is 182 g/mol. The number of anilines is 1. The van der Waals surface area contributed by atoms with Crippen LogP contribution in [0.4, 0.5) is 5.82 Å². The lowest BCUT2D eigenvalue weighted by molar-refractivity contribution is -0.121. The number of nitrogens with two attached hydrogens (primary N) is 2. The molecule has 2 atom stereocenters. The molecule has 6 heteroatoms. The Morgan fingerprint density at radius 1 is 1.57 bits per heavy atom. The van der Waals surface area contributed by atoms with Crippen LogP contribution in [-0.4, -0.2) is 20.9 Å². The number of amides is 1. The van der Waals surface area contributed by atoms with Crippen LogP contribution in [0, 0.1) is 5.92 Å². The first-order valence-corrected chi connectivity index (χ1v) is 4.63. The molecule has 2 unspecified atom stereocenters. The SMILES string of the molecule is NC(=O)C1CCC(n2ncc(N)n2)C1. The van der Waals surface area contributed by atoms with Gasteiger partial charge in [-0.1, -0.05) is 0 Å². The molecule has 0 saturated heterocycles. The molecule has 1 aliphatic rings. The summed E-state index contributed by atoms with van der Waals surface area (Å²) in [7, 11) is 0. The van der Waals surface area contributed by atoms with Gasteiger partial charge in [-0.15, -0.1) is 5.10 Å². The van der Waals surface area contributed by atoms with Gasteiger partial charge in [0.1, 0.15) is 0 Å². The predicted octanol–water partition coefficient (Wildman–Crippen LogP) is -0.313. The van der Waals surface area contributed by atoms with E-state index in [0.29, 0.717) is 5.82 Å². The predicted molar refractivity (Wildman–Crippen MR) is 50.0 cm³/mol. The summed E-state index contributed by atoms with van der Waals surface area (Å²) in [6.07, 6.45) is 3.95. The monoisotopic (exact) mass is 195 g/mol. The minimum atomic E-state index is -0.229. The first-order chi connectivity index (χ1) is 6.66. The van der Waals surface area contributed by atoms with Crippen molar-refractivity contribution in [3.63, 3.8) is 0 Å². The number of rotatable bonds is 2. The van der Waals surface area contributed by atoms with Crippen LogP contribution in [0.15, 0.2) is 6.20 Å². The van der Waals surface area contributed by atoms with Gasteiger partial charge >= 0.3 is 0 Å². The number of carbonyl (C=O) groups is 1. The van der Waals surface area contributed by atoms with Crippen LogP contribution >= 0.6 is 0 Å². The number of nitrogens with zero attached hydrogens (tertiary/aromatic N) is 3. The van der Waals surface area contributed by atoms with Gasteiger partial charge in [-0.05, 0) is 19.3 Å². The first-order valence-electron chi connectivity index (χ1n) is 4.63. The molecule has 1 amide bonds. The summed E-state index contributed by atoms with van der Waals surface area (Å²) in [6, 6.07) is 0.171. The molecule has 14 heavy (non-hydrogen) atoms. The van der Waals surface area contributed by atoms with Crippen LogP contribution in [0.2, 0.25) is 0 Å². The van der Waals surface area contributed by atoms with Crippen molar-refractivity contribution in [1.82, 2.24) is 15.0 Å². The van der Waals surface area contributed by atoms with Gasteiger partial charge < -0.3 is 11.5 Å². The number of carbonyl (C=O) groups excluding carboxylic acids is 1. The van der Waals surface area contributed by atoms with Crippen molar-refractivity contribution in [1.29, 1.82) is 0 Å². The van der Waals surface area contributed by atoms with E-state index >= 15 is 0 Å². The maximum Gasteiger partial charge on any atom is 0.220 e. The Bertz CT molecular complexity index is 347. The summed E-state index contributed by atoms with van der Waals surface area (Å²) in [5.74, 6) is 0.146. The molecule has 2 rings (SSSR count). The average molecular weight is 195 g/mol. The van der Waals surface area contributed by atoms with E-state index in [1.807, 2.05) is 0 Å². The van der Waals surface area contributed by atoms with Crippen LogP contribution in [0.3, 0.4) is 0 Å². The molecule has 0 bridgehead atoms. The molecule has 4 N–H and O–H groups in total. The van der Waals surface area contributed by atoms with Crippen LogP contribution in [0.5, 0.6) is 0 Å². The van der Waals surface area contributed by atoms with Gasteiger partial charge in [-0.25, -0.2) is 0 Å². The fourth-order valence-corrected chi connectivity index (χ4v) is 1.89. The van der Waals surface area contributed by atoms with Gasteiger partial charge in [-0.2, -0.15) is 9.90 Å². The van der Waals surface area contributed by atoms with Crippen molar-refractivity contribution >= 4 is 11.7 Å². The van der Waals surface area contributed by atoms with Gasteiger partial charge in [0.15, 0.2) is 5.82 Å². The zero-order valence-corrected chi connectivity index (χ0v) is 7.76. The third kappa shape index (κ3) is 1.55. The fraction of sp³-hybridized carbons (Fsp3) is 0.625. The van der Waals surface area contributed by atoms with Crippen LogP contribution in [-0.2, 0) is 4.79 Å². The van der Waals surface area contributed by atoms with Gasteiger partial charge in [0, 0.05) is 5.92 Å². The van der Waals surface area contributed by atoms with Crippen molar-refractivity contribution in [2.75, 3.05) is 5.73 Å². The van der Waals surface area contributed by atoms with Crippen molar-refractivity contribution in [3.05, 3.63) is 6.20 Å². The van der Waals surface area contributed by atoms with Gasteiger partial charge in [0.25, 0.3) is 0 Å². The number of primary amides is 1. The normalized spacial score (nSPS) is 26.6. The van der Waals surface area contributed by atoms with E-state index in [9.17, 15) is 4.79 Å². The minimum Gasteiger partial charge on any atom is -0.381 e. The third-order valence-electron chi connectivity index (χ3n) is 2.66. The summed E-state index contributed by atoms with van der Waals surface area (Å²) in [4.78, 5) is 12.5. The molecule has 1 aromatic rings. The summed E-state index contributed by atoms with van der Waals surface area (Å²) in [5, 5.41) is 8.04. The Morgan fingerprint density at radius 2 is 2.36 bits per heavy atom. The number of nitrogen functional groups attached to an aromatic ring is 1. The van der Waals surface area contributed by atoms with Crippen molar-refractivity contribution in [2.24, 2.45) is 11.7 Å². The van der Waals surface area contributed by atoms with Crippen LogP contribution in [0.25, 0.3) is 0 Å².